The Morgan fingerprint density at radius 2 is 1.92 bits per heavy atom. The average Bonchev–Trinajstić information content (AvgIpc) is 2.17. The molecule has 1 N–H and O–H groups in total. The lowest BCUT2D eigenvalue weighted by Gasteiger charge is -2.24. The van der Waals surface area contributed by atoms with Crippen LogP contribution in [0.25, 0.3) is 0 Å². The van der Waals surface area contributed by atoms with Gasteiger partial charge in [0.15, 0.2) is 0 Å². The van der Waals surface area contributed by atoms with Gasteiger partial charge in [-0.3, -0.25) is 9.59 Å². The van der Waals surface area contributed by atoms with E-state index in [-0.39, 0.29) is 17.8 Å². The summed E-state index contributed by atoms with van der Waals surface area (Å²) in [5.41, 5.74) is 0. The molecule has 13 heavy (non-hydrogen) atoms. The van der Waals surface area contributed by atoms with Crippen molar-refractivity contribution in [3.05, 3.63) is 0 Å². The molecule has 0 spiro atoms. The van der Waals surface area contributed by atoms with Gasteiger partial charge in [-0.25, -0.2) is 0 Å². The Labute approximate surface area is 76.9 Å². The van der Waals surface area contributed by atoms with E-state index in [1.54, 1.807) is 0 Å². The molecule has 1 aliphatic rings. The number of hydrogen-bond donors (Lipinski definition) is 1. The zero-order valence-corrected chi connectivity index (χ0v) is 7.66. The maximum Gasteiger partial charge on any atom is 0.308 e. The highest BCUT2D eigenvalue weighted by Crippen LogP contribution is 2.29. The summed E-state index contributed by atoms with van der Waals surface area (Å²) in [4.78, 5) is 21.8. The number of hydrogen-bond acceptors (Lipinski definition) is 3. The third kappa shape index (κ3) is 2.44. The van der Waals surface area contributed by atoms with Crippen LogP contribution in [0.2, 0.25) is 0 Å². The molecule has 2 unspecified atom stereocenters. The van der Waals surface area contributed by atoms with E-state index in [0.717, 1.165) is 12.8 Å². The van der Waals surface area contributed by atoms with Crippen molar-refractivity contribution in [1.82, 2.24) is 0 Å². The zero-order valence-electron chi connectivity index (χ0n) is 7.66. The molecule has 0 aromatic carbocycles. The van der Waals surface area contributed by atoms with Crippen molar-refractivity contribution in [1.29, 1.82) is 0 Å². The molecule has 0 bridgehead atoms. The van der Waals surface area contributed by atoms with Crippen LogP contribution < -0.4 is 0 Å². The maximum absolute atomic E-state index is 11.1. The third-order valence-corrected chi connectivity index (χ3v) is 2.56. The van der Waals surface area contributed by atoms with Crippen LogP contribution in [-0.2, 0) is 14.3 Å². The fraction of sp³-hybridized carbons (Fsp3) is 0.778. The number of carboxylic acid groups (broad SMARTS) is 1. The zero-order chi connectivity index (χ0) is 9.84. The molecule has 1 fully saturated rings. The van der Waals surface area contributed by atoms with Gasteiger partial charge in [0.1, 0.15) is 0 Å². The largest absolute Gasteiger partial charge is 0.481 e. The number of aliphatic carboxylic acids is 1. The first-order chi connectivity index (χ1) is 6.15. The summed E-state index contributed by atoms with van der Waals surface area (Å²) >= 11 is 0. The lowest BCUT2D eigenvalue weighted by molar-refractivity contribution is -0.150. The van der Waals surface area contributed by atoms with Crippen LogP contribution in [0.15, 0.2) is 0 Å². The minimum atomic E-state index is -0.798. The number of ether oxygens (including phenoxy) is 1. The van der Waals surface area contributed by atoms with Gasteiger partial charge in [0.05, 0.1) is 18.9 Å². The van der Waals surface area contributed by atoms with Gasteiger partial charge in [-0.15, -0.1) is 0 Å². The van der Waals surface area contributed by atoms with Crippen molar-refractivity contribution in [2.75, 3.05) is 7.11 Å². The van der Waals surface area contributed by atoms with Gasteiger partial charge in [-0.2, -0.15) is 0 Å². The Kier molecular flexibility index (Phi) is 3.28. The molecule has 0 heterocycles. The summed E-state index contributed by atoms with van der Waals surface area (Å²) in [5.74, 6) is -1.64. The molecule has 2 atom stereocenters. The van der Waals surface area contributed by atoms with Crippen LogP contribution in [0.3, 0.4) is 0 Å². The summed E-state index contributed by atoms with van der Waals surface area (Å²) in [6.45, 7) is 0. The molecule has 0 amide bonds. The molecule has 4 heteroatoms. The maximum atomic E-state index is 11.1. The van der Waals surface area contributed by atoms with Gasteiger partial charge in [0.2, 0.25) is 0 Å². The fourth-order valence-corrected chi connectivity index (χ4v) is 1.79. The Bertz CT molecular complexity index is 212. The number of carbonyl (C=O) groups excluding carboxylic acids is 1. The van der Waals surface area contributed by atoms with Crippen LogP contribution in [0.5, 0.6) is 0 Å². The Hall–Kier alpha value is -1.06. The predicted molar refractivity (Wildman–Crippen MR) is 45.1 cm³/mol. The second kappa shape index (κ2) is 4.25. The highest BCUT2D eigenvalue weighted by Gasteiger charge is 2.31. The van der Waals surface area contributed by atoms with Crippen molar-refractivity contribution in [2.45, 2.75) is 25.7 Å². The van der Waals surface area contributed by atoms with Gasteiger partial charge in [-0.1, -0.05) is 6.42 Å². The Balaban J connectivity index is 2.51. The van der Waals surface area contributed by atoms with Gasteiger partial charge in [0.25, 0.3) is 0 Å². The first-order valence-corrected chi connectivity index (χ1v) is 4.45. The van der Waals surface area contributed by atoms with Gasteiger partial charge in [-0.05, 0) is 19.3 Å². The molecule has 0 aromatic rings. The minimum Gasteiger partial charge on any atom is -0.481 e. The molecule has 1 rings (SSSR count). The summed E-state index contributed by atoms with van der Waals surface area (Å²) < 4.78 is 4.59. The molecule has 0 radical (unpaired) electrons. The topological polar surface area (TPSA) is 63.6 Å². The quantitative estimate of drug-likeness (QED) is 0.655. The number of carboxylic acids is 1. The average molecular weight is 186 g/mol. The van der Waals surface area contributed by atoms with Crippen molar-refractivity contribution < 1.29 is 19.4 Å². The van der Waals surface area contributed by atoms with Gasteiger partial charge < -0.3 is 9.84 Å². The highest BCUT2D eigenvalue weighted by molar-refractivity contribution is 5.75. The summed E-state index contributed by atoms with van der Waals surface area (Å²) in [7, 11) is 1.34. The van der Waals surface area contributed by atoms with E-state index in [0.29, 0.717) is 12.8 Å². The molecule has 1 saturated carbocycles. The standard InChI is InChI=1S/C9H14O4/c1-13-9(12)7-4-2-3-6(5-7)8(10)11/h6-7H,2-5H2,1H3,(H,10,11). The highest BCUT2D eigenvalue weighted by atomic mass is 16.5. The van der Waals surface area contributed by atoms with Crippen molar-refractivity contribution in [3.63, 3.8) is 0 Å². The first kappa shape index (κ1) is 10.0. The van der Waals surface area contributed by atoms with Crippen LogP contribution in [0.4, 0.5) is 0 Å². The van der Waals surface area contributed by atoms with Crippen molar-refractivity contribution in [3.8, 4) is 0 Å². The fourth-order valence-electron chi connectivity index (χ4n) is 1.79. The number of esters is 1. The van der Waals surface area contributed by atoms with E-state index in [4.69, 9.17) is 5.11 Å². The third-order valence-electron chi connectivity index (χ3n) is 2.56. The van der Waals surface area contributed by atoms with E-state index in [1.165, 1.54) is 7.11 Å². The van der Waals surface area contributed by atoms with E-state index in [9.17, 15) is 9.59 Å². The summed E-state index contributed by atoms with van der Waals surface area (Å²) in [5, 5.41) is 8.76. The second-order valence-electron chi connectivity index (χ2n) is 3.42. The minimum absolute atomic E-state index is 0.208. The number of methoxy groups -OCH3 is 1. The van der Waals surface area contributed by atoms with E-state index < -0.39 is 5.97 Å². The molecule has 74 valence electrons. The van der Waals surface area contributed by atoms with E-state index in [1.807, 2.05) is 0 Å². The monoisotopic (exact) mass is 186 g/mol. The van der Waals surface area contributed by atoms with Crippen molar-refractivity contribution in [2.24, 2.45) is 11.8 Å². The molecular formula is C9H14O4. The molecular weight excluding hydrogens is 172 g/mol. The smallest absolute Gasteiger partial charge is 0.308 e. The normalized spacial score (nSPS) is 28.1. The lowest BCUT2D eigenvalue weighted by atomic mass is 9.81. The molecule has 4 nitrogen and oxygen atoms in total. The SMILES string of the molecule is COC(=O)C1CCCC(C(=O)O)C1. The van der Waals surface area contributed by atoms with Crippen LogP contribution >= 0.6 is 0 Å². The van der Waals surface area contributed by atoms with Gasteiger partial charge >= 0.3 is 11.9 Å². The lowest BCUT2D eigenvalue weighted by Crippen LogP contribution is -2.27. The molecule has 0 aliphatic heterocycles. The van der Waals surface area contributed by atoms with Gasteiger partial charge in [0, 0.05) is 0 Å². The molecule has 0 aromatic heterocycles. The Morgan fingerprint density at radius 3 is 2.46 bits per heavy atom. The number of rotatable bonds is 2. The molecule has 0 saturated heterocycles. The number of carbonyl (C=O) groups is 2. The van der Waals surface area contributed by atoms with Crippen LogP contribution in [0, 0.1) is 11.8 Å². The predicted octanol–water partition coefficient (Wildman–Crippen LogP) is 1.05. The van der Waals surface area contributed by atoms with Crippen LogP contribution in [-0.4, -0.2) is 24.2 Å². The second-order valence-corrected chi connectivity index (χ2v) is 3.42. The van der Waals surface area contributed by atoms with Crippen molar-refractivity contribution >= 4 is 11.9 Å². The summed E-state index contributed by atoms with van der Waals surface area (Å²) in [6, 6.07) is 0. The first-order valence-electron chi connectivity index (χ1n) is 4.45. The summed E-state index contributed by atoms with van der Waals surface area (Å²) in [6.07, 6.45) is 2.68. The van der Waals surface area contributed by atoms with Crippen LogP contribution in [0.1, 0.15) is 25.7 Å². The van der Waals surface area contributed by atoms with E-state index >= 15 is 0 Å². The Morgan fingerprint density at radius 1 is 1.31 bits per heavy atom. The molecule has 1 aliphatic carbocycles. The van der Waals surface area contributed by atoms with E-state index in [2.05, 4.69) is 4.74 Å².